The van der Waals surface area contributed by atoms with Gasteiger partial charge in [-0.3, -0.25) is 4.79 Å². The SMILES string of the molecule is CCc1cc(C)cc(CC)c1C1=C(O)CC2(CCSCC2)CC1=O. The lowest BCUT2D eigenvalue weighted by molar-refractivity contribution is -0.117. The molecule has 1 aromatic carbocycles. The molecule has 0 amide bonds. The van der Waals surface area contributed by atoms with E-state index in [1.54, 1.807) is 0 Å². The number of Topliss-reactive ketones (excluding diaryl/α,β-unsaturated/α-hetero) is 1. The van der Waals surface area contributed by atoms with Crippen LogP contribution < -0.4 is 0 Å². The van der Waals surface area contributed by atoms with E-state index < -0.39 is 0 Å². The number of rotatable bonds is 3. The van der Waals surface area contributed by atoms with Crippen molar-refractivity contribution in [2.75, 3.05) is 11.5 Å². The summed E-state index contributed by atoms with van der Waals surface area (Å²) in [7, 11) is 0. The van der Waals surface area contributed by atoms with Crippen molar-refractivity contribution in [3.05, 3.63) is 40.1 Å². The molecule has 0 atom stereocenters. The summed E-state index contributed by atoms with van der Waals surface area (Å²) in [6.07, 6.45) is 5.15. The van der Waals surface area contributed by atoms with Crippen LogP contribution in [0.2, 0.25) is 0 Å². The molecule has 1 saturated heterocycles. The Morgan fingerprint density at radius 1 is 1.08 bits per heavy atom. The monoisotopic (exact) mass is 344 g/mol. The highest BCUT2D eigenvalue weighted by atomic mass is 32.2. The summed E-state index contributed by atoms with van der Waals surface area (Å²) in [6.45, 7) is 6.36. The molecule has 0 unspecified atom stereocenters. The highest BCUT2D eigenvalue weighted by Crippen LogP contribution is 2.49. The van der Waals surface area contributed by atoms with E-state index in [1.807, 2.05) is 11.8 Å². The van der Waals surface area contributed by atoms with Gasteiger partial charge in [-0.1, -0.05) is 31.5 Å². The van der Waals surface area contributed by atoms with Crippen molar-refractivity contribution in [3.8, 4) is 0 Å². The van der Waals surface area contributed by atoms with Gasteiger partial charge in [-0.25, -0.2) is 0 Å². The van der Waals surface area contributed by atoms with Gasteiger partial charge in [0.2, 0.25) is 0 Å². The first-order valence-corrected chi connectivity index (χ1v) is 10.3. The summed E-state index contributed by atoms with van der Waals surface area (Å²) < 4.78 is 0. The van der Waals surface area contributed by atoms with E-state index in [0.29, 0.717) is 24.2 Å². The van der Waals surface area contributed by atoms with Crippen molar-refractivity contribution in [2.45, 2.75) is 59.3 Å². The van der Waals surface area contributed by atoms with Crippen LogP contribution in [0.4, 0.5) is 0 Å². The van der Waals surface area contributed by atoms with Gasteiger partial charge in [0.05, 0.1) is 5.57 Å². The number of carbonyl (C=O) groups is 1. The molecule has 1 aliphatic heterocycles. The molecule has 0 radical (unpaired) electrons. The second kappa shape index (κ2) is 6.95. The number of thioether (sulfide) groups is 1. The lowest BCUT2D eigenvalue weighted by Crippen LogP contribution is -2.34. The van der Waals surface area contributed by atoms with Crippen LogP contribution >= 0.6 is 11.8 Å². The number of hydrogen-bond acceptors (Lipinski definition) is 3. The number of aliphatic hydroxyl groups excluding tert-OH is 1. The van der Waals surface area contributed by atoms with Gasteiger partial charge in [-0.05, 0) is 66.2 Å². The molecule has 2 nitrogen and oxygen atoms in total. The molecule has 130 valence electrons. The van der Waals surface area contributed by atoms with Gasteiger partial charge in [0.1, 0.15) is 5.76 Å². The maximum Gasteiger partial charge on any atom is 0.167 e. The number of aryl methyl sites for hydroxylation is 3. The second-order valence-corrected chi connectivity index (χ2v) is 8.60. The second-order valence-electron chi connectivity index (χ2n) is 7.38. The van der Waals surface area contributed by atoms with Crippen LogP contribution in [0, 0.1) is 12.3 Å². The maximum atomic E-state index is 13.1. The lowest BCUT2D eigenvalue weighted by atomic mass is 9.68. The van der Waals surface area contributed by atoms with Crippen LogP contribution in [0.3, 0.4) is 0 Å². The summed E-state index contributed by atoms with van der Waals surface area (Å²) in [4.78, 5) is 13.1. The Bertz CT molecular complexity index is 656. The minimum Gasteiger partial charge on any atom is -0.512 e. The van der Waals surface area contributed by atoms with Crippen LogP contribution in [-0.2, 0) is 17.6 Å². The third-order valence-corrected chi connectivity index (χ3v) is 6.64. The Morgan fingerprint density at radius 3 is 2.17 bits per heavy atom. The summed E-state index contributed by atoms with van der Waals surface area (Å²) >= 11 is 1.97. The van der Waals surface area contributed by atoms with E-state index in [1.165, 1.54) is 16.7 Å². The van der Waals surface area contributed by atoms with E-state index >= 15 is 0 Å². The molecule has 0 aromatic heterocycles. The van der Waals surface area contributed by atoms with Crippen LogP contribution in [0.5, 0.6) is 0 Å². The summed E-state index contributed by atoms with van der Waals surface area (Å²) in [5.74, 6) is 2.71. The Balaban J connectivity index is 2.09. The van der Waals surface area contributed by atoms with Gasteiger partial charge in [0, 0.05) is 12.8 Å². The minimum absolute atomic E-state index is 0.0133. The molecule has 1 N–H and O–H groups in total. The van der Waals surface area contributed by atoms with Crippen molar-refractivity contribution < 1.29 is 9.90 Å². The van der Waals surface area contributed by atoms with Gasteiger partial charge in [0.15, 0.2) is 5.78 Å². The first-order chi connectivity index (χ1) is 11.5. The summed E-state index contributed by atoms with van der Waals surface area (Å²) in [5, 5.41) is 10.9. The first-order valence-electron chi connectivity index (χ1n) is 9.15. The van der Waals surface area contributed by atoms with Crippen LogP contribution in [0.1, 0.15) is 61.8 Å². The zero-order valence-electron chi connectivity index (χ0n) is 15.1. The predicted octanol–water partition coefficient (Wildman–Crippen LogP) is 5.27. The standard InChI is InChI=1S/C21H28O2S/c1-4-15-10-14(3)11-16(5-2)19(15)20-17(22)12-21(13-18(20)23)6-8-24-9-7-21/h10-11,22H,4-9,12-13H2,1-3H3. The molecule has 24 heavy (non-hydrogen) atoms. The number of carbonyl (C=O) groups excluding carboxylic acids is 1. The van der Waals surface area contributed by atoms with Crippen molar-refractivity contribution in [3.63, 3.8) is 0 Å². The third-order valence-electron chi connectivity index (χ3n) is 5.66. The number of allylic oxidation sites excluding steroid dienone is 2. The molecule has 1 aromatic rings. The van der Waals surface area contributed by atoms with E-state index in [4.69, 9.17) is 0 Å². The Hall–Kier alpha value is -1.22. The zero-order chi connectivity index (χ0) is 17.3. The van der Waals surface area contributed by atoms with Gasteiger partial charge in [-0.2, -0.15) is 11.8 Å². The maximum absolute atomic E-state index is 13.1. The van der Waals surface area contributed by atoms with Crippen molar-refractivity contribution in [2.24, 2.45) is 5.41 Å². The van der Waals surface area contributed by atoms with Crippen LogP contribution in [-0.4, -0.2) is 22.4 Å². The van der Waals surface area contributed by atoms with Gasteiger partial charge in [-0.15, -0.1) is 0 Å². The first kappa shape index (κ1) is 17.6. The zero-order valence-corrected chi connectivity index (χ0v) is 15.9. The van der Waals surface area contributed by atoms with Gasteiger partial charge < -0.3 is 5.11 Å². The minimum atomic E-state index is 0.0133. The van der Waals surface area contributed by atoms with E-state index in [9.17, 15) is 9.90 Å². The normalized spacial score (nSPS) is 20.7. The molecule has 0 bridgehead atoms. The topological polar surface area (TPSA) is 37.3 Å². The molecule has 1 aliphatic carbocycles. The number of hydrogen-bond donors (Lipinski definition) is 1. The van der Waals surface area contributed by atoms with Crippen molar-refractivity contribution in [1.29, 1.82) is 0 Å². The molecular weight excluding hydrogens is 316 g/mol. The average Bonchev–Trinajstić information content (AvgIpc) is 2.55. The number of aliphatic hydroxyl groups is 1. The van der Waals surface area contributed by atoms with Gasteiger partial charge >= 0.3 is 0 Å². The summed E-state index contributed by atoms with van der Waals surface area (Å²) in [6, 6.07) is 4.34. The highest BCUT2D eigenvalue weighted by Gasteiger charge is 2.41. The molecule has 1 fully saturated rings. The average molecular weight is 345 g/mol. The highest BCUT2D eigenvalue weighted by molar-refractivity contribution is 7.99. The number of benzene rings is 1. The van der Waals surface area contributed by atoms with Crippen molar-refractivity contribution in [1.82, 2.24) is 0 Å². The third kappa shape index (κ3) is 3.15. The molecule has 1 heterocycles. The largest absolute Gasteiger partial charge is 0.512 e. The number of ketones is 1. The Kier molecular flexibility index (Phi) is 5.10. The predicted molar refractivity (Wildman–Crippen MR) is 103 cm³/mol. The Labute approximate surface area is 149 Å². The fourth-order valence-corrected chi connectivity index (χ4v) is 5.72. The van der Waals surface area contributed by atoms with E-state index in [2.05, 4.69) is 32.9 Å². The molecule has 0 saturated carbocycles. The lowest BCUT2D eigenvalue weighted by Gasteiger charge is -2.40. The fraction of sp³-hybridized carbons (Fsp3) is 0.571. The molecule has 3 rings (SSSR count). The van der Waals surface area contributed by atoms with Crippen LogP contribution in [0.15, 0.2) is 17.9 Å². The quantitative estimate of drug-likeness (QED) is 0.812. The molecular formula is C21H28O2S. The van der Waals surface area contributed by atoms with Gasteiger partial charge in [0.25, 0.3) is 0 Å². The van der Waals surface area contributed by atoms with Crippen LogP contribution in [0.25, 0.3) is 5.57 Å². The molecule has 2 aliphatic rings. The Morgan fingerprint density at radius 2 is 1.67 bits per heavy atom. The molecule has 1 spiro atoms. The summed E-state index contributed by atoms with van der Waals surface area (Å²) in [5.41, 5.74) is 5.27. The van der Waals surface area contributed by atoms with E-state index in [0.717, 1.165) is 42.8 Å². The van der Waals surface area contributed by atoms with E-state index in [-0.39, 0.29) is 11.2 Å². The molecule has 3 heteroatoms. The van der Waals surface area contributed by atoms with Crippen molar-refractivity contribution >= 4 is 23.1 Å². The smallest absolute Gasteiger partial charge is 0.167 e. The fourth-order valence-electron chi connectivity index (χ4n) is 4.36.